The van der Waals surface area contributed by atoms with E-state index in [1.165, 1.54) is 0 Å². The molecule has 4 rings (SSSR count). The second kappa shape index (κ2) is 5.90. The molecule has 120 valence electrons. The highest BCUT2D eigenvalue weighted by Gasteiger charge is 2.11. The van der Waals surface area contributed by atoms with E-state index in [0.29, 0.717) is 29.6 Å². The first-order valence-corrected chi connectivity index (χ1v) is 7.76. The first-order chi connectivity index (χ1) is 11.7. The maximum atomic E-state index is 6.18. The number of halogens is 1. The summed E-state index contributed by atoms with van der Waals surface area (Å²) in [5.41, 5.74) is 8.58. The minimum absolute atomic E-state index is 0.486. The molecule has 0 bridgehead atoms. The first-order valence-electron chi connectivity index (χ1n) is 7.38. The summed E-state index contributed by atoms with van der Waals surface area (Å²) in [5, 5.41) is 8.40. The van der Waals surface area contributed by atoms with Gasteiger partial charge in [0.2, 0.25) is 5.82 Å². The highest BCUT2D eigenvalue weighted by molar-refractivity contribution is 6.31. The fourth-order valence-electron chi connectivity index (χ4n) is 2.46. The normalized spacial score (nSPS) is 11.0. The number of anilines is 2. The number of nitrogens with two attached hydrogens (primary N) is 1. The van der Waals surface area contributed by atoms with Crippen molar-refractivity contribution in [3.05, 3.63) is 65.4 Å². The highest BCUT2D eigenvalue weighted by atomic mass is 35.5. The maximum Gasteiger partial charge on any atom is 0.217 e. The van der Waals surface area contributed by atoms with Gasteiger partial charge in [-0.15, -0.1) is 5.10 Å². The molecule has 0 saturated carbocycles. The third kappa shape index (κ3) is 2.68. The number of pyridine rings is 1. The molecular weight excluding hydrogens is 326 g/mol. The smallest absolute Gasteiger partial charge is 0.217 e. The molecule has 3 N–H and O–H groups in total. The van der Waals surface area contributed by atoms with E-state index in [0.717, 1.165) is 16.3 Å². The molecular formula is C17H14ClN5O. The maximum absolute atomic E-state index is 6.18. The zero-order chi connectivity index (χ0) is 16.5. The van der Waals surface area contributed by atoms with Gasteiger partial charge >= 0.3 is 0 Å². The molecule has 0 aliphatic rings. The summed E-state index contributed by atoms with van der Waals surface area (Å²) in [6.07, 6.45) is 1.58. The number of aromatic nitrogens is 3. The monoisotopic (exact) mass is 339 g/mol. The summed E-state index contributed by atoms with van der Waals surface area (Å²) in [4.78, 5) is 4.46. The van der Waals surface area contributed by atoms with E-state index in [9.17, 15) is 0 Å². The summed E-state index contributed by atoms with van der Waals surface area (Å²) in [5.74, 6) is 1.58. The van der Waals surface area contributed by atoms with Crippen molar-refractivity contribution in [3.63, 3.8) is 0 Å². The largest absolute Gasteiger partial charge is 0.461 e. The molecule has 0 spiro atoms. The van der Waals surface area contributed by atoms with Crippen LogP contribution in [0.1, 0.15) is 5.56 Å². The van der Waals surface area contributed by atoms with Gasteiger partial charge in [0.15, 0.2) is 11.4 Å². The van der Waals surface area contributed by atoms with E-state index in [2.05, 4.69) is 15.4 Å². The molecule has 0 amide bonds. The van der Waals surface area contributed by atoms with Crippen molar-refractivity contribution in [3.8, 4) is 11.6 Å². The van der Waals surface area contributed by atoms with Crippen LogP contribution in [0, 0.1) is 0 Å². The molecule has 4 aromatic rings. The molecule has 7 heteroatoms. The Kier molecular flexibility index (Phi) is 3.59. The molecule has 0 aliphatic carbocycles. The van der Waals surface area contributed by atoms with Crippen molar-refractivity contribution < 1.29 is 4.42 Å². The SMILES string of the molecule is Nc1cc(NCc2ccccc2Cl)cc2nc(-c3ccco3)nn12. The molecule has 0 atom stereocenters. The lowest BCUT2D eigenvalue weighted by Gasteiger charge is -2.09. The van der Waals surface area contributed by atoms with Gasteiger partial charge in [-0.05, 0) is 23.8 Å². The highest BCUT2D eigenvalue weighted by Crippen LogP contribution is 2.22. The Bertz CT molecular complexity index is 994. The molecule has 0 fully saturated rings. The van der Waals surface area contributed by atoms with Crippen molar-refractivity contribution >= 4 is 28.8 Å². The number of nitrogen functional groups attached to an aromatic ring is 1. The Morgan fingerprint density at radius 3 is 2.83 bits per heavy atom. The van der Waals surface area contributed by atoms with Gasteiger partial charge < -0.3 is 15.5 Å². The standard InChI is InChI=1S/C17H14ClN5O/c18-13-5-2-1-4-11(13)10-20-12-8-15(19)23-16(9-12)21-17(22-23)14-6-3-7-24-14/h1-9,20H,10,19H2. The van der Waals surface area contributed by atoms with E-state index in [4.69, 9.17) is 21.8 Å². The predicted molar refractivity (Wildman–Crippen MR) is 93.9 cm³/mol. The van der Waals surface area contributed by atoms with Crippen molar-refractivity contribution in [1.82, 2.24) is 14.6 Å². The minimum Gasteiger partial charge on any atom is -0.461 e. The number of nitrogens with zero attached hydrogens (tertiary/aromatic N) is 3. The number of fused-ring (bicyclic) bond motifs is 1. The summed E-state index contributed by atoms with van der Waals surface area (Å²) in [7, 11) is 0. The van der Waals surface area contributed by atoms with Crippen molar-refractivity contribution in [2.24, 2.45) is 0 Å². The molecule has 24 heavy (non-hydrogen) atoms. The van der Waals surface area contributed by atoms with Crippen molar-refractivity contribution in [2.45, 2.75) is 6.54 Å². The average molecular weight is 340 g/mol. The molecule has 3 aromatic heterocycles. The van der Waals surface area contributed by atoms with Gasteiger partial charge in [0.25, 0.3) is 0 Å². The average Bonchev–Trinajstić information content (AvgIpc) is 3.23. The molecule has 1 aromatic carbocycles. The summed E-state index contributed by atoms with van der Waals surface area (Å²) >= 11 is 6.18. The number of hydrogen-bond acceptors (Lipinski definition) is 5. The van der Waals surface area contributed by atoms with Gasteiger partial charge in [0, 0.05) is 29.4 Å². The Balaban J connectivity index is 1.64. The lowest BCUT2D eigenvalue weighted by molar-refractivity contribution is 0.577. The molecule has 0 radical (unpaired) electrons. The third-order valence-electron chi connectivity index (χ3n) is 3.65. The van der Waals surface area contributed by atoms with Gasteiger partial charge in [-0.2, -0.15) is 4.52 Å². The molecule has 3 heterocycles. The van der Waals surface area contributed by atoms with Gasteiger partial charge in [0.05, 0.1) is 6.26 Å². The van der Waals surface area contributed by atoms with Crippen LogP contribution in [-0.4, -0.2) is 14.6 Å². The van der Waals surface area contributed by atoms with Crippen LogP contribution >= 0.6 is 11.6 Å². The van der Waals surface area contributed by atoms with E-state index in [1.54, 1.807) is 16.8 Å². The minimum atomic E-state index is 0.486. The number of benzene rings is 1. The zero-order valence-corrected chi connectivity index (χ0v) is 13.4. The summed E-state index contributed by atoms with van der Waals surface area (Å²) in [6.45, 7) is 0.592. The quantitative estimate of drug-likeness (QED) is 0.590. The predicted octanol–water partition coefficient (Wildman–Crippen LogP) is 3.84. The van der Waals surface area contributed by atoms with E-state index < -0.39 is 0 Å². The zero-order valence-electron chi connectivity index (χ0n) is 12.6. The van der Waals surface area contributed by atoms with E-state index in [-0.39, 0.29) is 0 Å². The lowest BCUT2D eigenvalue weighted by Crippen LogP contribution is -2.04. The Morgan fingerprint density at radius 2 is 2.04 bits per heavy atom. The van der Waals surface area contributed by atoms with Crippen LogP contribution in [0.15, 0.2) is 59.2 Å². The Labute approximate surface area is 142 Å². The number of hydrogen-bond donors (Lipinski definition) is 2. The van der Waals surface area contributed by atoms with E-state index in [1.807, 2.05) is 42.5 Å². The summed E-state index contributed by atoms with van der Waals surface area (Å²) < 4.78 is 6.91. The van der Waals surface area contributed by atoms with Crippen molar-refractivity contribution in [1.29, 1.82) is 0 Å². The topological polar surface area (TPSA) is 81.4 Å². The Hall–Kier alpha value is -2.99. The number of rotatable bonds is 4. The van der Waals surface area contributed by atoms with Crippen LogP contribution in [0.3, 0.4) is 0 Å². The number of nitrogens with one attached hydrogen (secondary N) is 1. The number of furan rings is 1. The van der Waals surface area contributed by atoms with Gasteiger partial charge in [-0.25, -0.2) is 4.98 Å². The molecule has 0 aliphatic heterocycles. The van der Waals surface area contributed by atoms with Crippen LogP contribution in [-0.2, 0) is 6.54 Å². The van der Waals surface area contributed by atoms with Gasteiger partial charge in [0.1, 0.15) is 5.82 Å². The first kappa shape index (κ1) is 14.6. The fraction of sp³-hybridized carbons (Fsp3) is 0.0588. The molecule has 6 nitrogen and oxygen atoms in total. The van der Waals surface area contributed by atoms with Crippen LogP contribution < -0.4 is 11.1 Å². The second-order valence-electron chi connectivity index (χ2n) is 5.30. The Morgan fingerprint density at radius 1 is 1.17 bits per heavy atom. The second-order valence-corrected chi connectivity index (χ2v) is 5.70. The lowest BCUT2D eigenvalue weighted by atomic mass is 10.2. The van der Waals surface area contributed by atoms with Crippen LogP contribution in [0.5, 0.6) is 0 Å². The van der Waals surface area contributed by atoms with Crippen LogP contribution in [0.4, 0.5) is 11.5 Å². The summed E-state index contributed by atoms with van der Waals surface area (Å²) in [6, 6.07) is 15.0. The fourth-order valence-corrected chi connectivity index (χ4v) is 2.66. The van der Waals surface area contributed by atoms with Crippen molar-refractivity contribution in [2.75, 3.05) is 11.1 Å². The third-order valence-corrected chi connectivity index (χ3v) is 4.02. The van der Waals surface area contributed by atoms with Crippen LogP contribution in [0.2, 0.25) is 5.02 Å². The van der Waals surface area contributed by atoms with Gasteiger partial charge in [-0.3, -0.25) is 0 Å². The molecule has 0 saturated heterocycles. The van der Waals surface area contributed by atoms with Crippen LogP contribution in [0.25, 0.3) is 17.2 Å². The van der Waals surface area contributed by atoms with Gasteiger partial charge in [-0.1, -0.05) is 29.8 Å². The molecule has 0 unspecified atom stereocenters. The van der Waals surface area contributed by atoms with E-state index >= 15 is 0 Å².